The van der Waals surface area contributed by atoms with E-state index >= 15 is 0 Å². The van der Waals surface area contributed by atoms with Gasteiger partial charge in [0.1, 0.15) is 11.1 Å². The van der Waals surface area contributed by atoms with Crippen LogP contribution in [0.15, 0.2) is 35.4 Å². The van der Waals surface area contributed by atoms with Crippen LogP contribution in [-0.4, -0.2) is 22.7 Å². The summed E-state index contributed by atoms with van der Waals surface area (Å²) in [4.78, 5) is 16.1. The molecule has 0 unspecified atom stereocenters. The first-order valence-electron chi connectivity index (χ1n) is 6.32. The highest BCUT2D eigenvalue weighted by Crippen LogP contribution is 2.24. The number of hydrogen-bond acceptors (Lipinski definition) is 4. The summed E-state index contributed by atoms with van der Waals surface area (Å²) in [5.41, 5.74) is 1.34. The summed E-state index contributed by atoms with van der Waals surface area (Å²) in [6, 6.07) is 11.7. The van der Waals surface area contributed by atoms with Crippen molar-refractivity contribution in [2.24, 2.45) is 0 Å². The molecule has 0 aliphatic carbocycles. The minimum Gasteiger partial charge on any atom is -0.353 e. The smallest absolute Gasteiger partial charge is 0.230 e. The monoisotopic (exact) mass is 285 g/mol. The standard InChI is InChI=1S/C15H15N3OS/c1-10(2)17-14(19)9-20-15-12(8-16)7-11-5-3-4-6-13(11)18-15/h3-7,10H,9H2,1-2H3,(H,17,19). The van der Waals surface area contributed by atoms with Crippen LogP contribution in [0.5, 0.6) is 0 Å². The van der Waals surface area contributed by atoms with Gasteiger partial charge in [0.05, 0.1) is 16.8 Å². The summed E-state index contributed by atoms with van der Waals surface area (Å²) in [7, 11) is 0. The molecule has 0 saturated carbocycles. The predicted octanol–water partition coefficient (Wildman–Crippen LogP) is 2.72. The Morgan fingerprint density at radius 3 is 2.90 bits per heavy atom. The van der Waals surface area contributed by atoms with E-state index in [1.165, 1.54) is 11.8 Å². The molecule has 102 valence electrons. The third-order valence-electron chi connectivity index (χ3n) is 2.60. The number of nitrogens with one attached hydrogen (secondary N) is 1. The lowest BCUT2D eigenvalue weighted by Crippen LogP contribution is -2.31. The van der Waals surface area contributed by atoms with Gasteiger partial charge in [-0.05, 0) is 26.0 Å². The van der Waals surface area contributed by atoms with Crippen molar-refractivity contribution in [3.05, 3.63) is 35.9 Å². The summed E-state index contributed by atoms with van der Waals surface area (Å²) in [6.07, 6.45) is 0. The Kier molecular flexibility index (Phi) is 4.59. The molecule has 0 atom stereocenters. The first-order chi connectivity index (χ1) is 9.60. The van der Waals surface area contributed by atoms with Gasteiger partial charge in [-0.2, -0.15) is 5.26 Å². The molecule has 1 amide bonds. The van der Waals surface area contributed by atoms with Crippen molar-refractivity contribution in [1.29, 1.82) is 5.26 Å². The van der Waals surface area contributed by atoms with Crippen molar-refractivity contribution in [2.45, 2.75) is 24.9 Å². The van der Waals surface area contributed by atoms with Gasteiger partial charge in [0.15, 0.2) is 0 Å². The van der Waals surface area contributed by atoms with E-state index in [4.69, 9.17) is 0 Å². The van der Waals surface area contributed by atoms with Crippen LogP contribution in [0.25, 0.3) is 10.9 Å². The first kappa shape index (κ1) is 14.4. The molecule has 0 saturated heterocycles. The van der Waals surface area contributed by atoms with Crippen molar-refractivity contribution in [3.63, 3.8) is 0 Å². The molecule has 1 heterocycles. The van der Waals surface area contributed by atoms with E-state index in [1.54, 1.807) is 0 Å². The number of benzene rings is 1. The zero-order chi connectivity index (χ0) is 14.5. The number of fused-ring (bicyclic) bond motifs is 1. The van der Waals surface area contributed by atoms with Crippen LogP contribution in [0.4, 0.5) is 0 Å². The van der Waals surface area contributed by atoms with Gasteiger partial charge in [0.25, 0.3) is 0 Å². The Morgan fingerprint density at radius 1 is 1.45 bits per heavy atom. The van der Waals surface area contributed by atoms with Crippen LogP contribution in [0, 0.1) is 11.3 Å². The van der Waals surface area contributed by atoms with Gasteiger partial charge >= 0.3 is 0 Å². The Labute approximate surface area is 122 Å². The number of carbonyl (C=O) groups excluding carboxylic acids is 1. The Hall–Kier alpha value is -2.06. The Balaban J connectivity index is 2.21. The molecule has 0 aliphatic rings. The molecular formula is C15H15N3OS. The predicted molar refractivity (Wildman–Crippen MR) is 80.5 cm³/mol. The summed E-state index contributed by atoms with van der Waals surface area (Å²) >= 11 is 1.29. The van der Waals surface area contributed by atoms with Crippen molar-refractivity contribution in [1.82, 2.24) is 10.3 Å². The van der Waals surface area contributed by atoms with Gasteiger partial charge in [-0.25, -0.2) is 4.98 Å². The fourth-order valence-electron chi connectivity index (χ4n) is 1.79. The molecule has 4 nitrogen and oxygen atoms in total. The topological polar surface area (TPSA) is 65.8 Å². The number of carbonyl (C=O) groups is 1. The lowest BCUT2D eigenvalue weighted by atomic mass is 10.2. The van der Waals surface area contributed by atoms with Crippen LogP contribution < -0.4 is 5.32 Å². The maximum Gasteiger partial charge on any atom is 0.230 e. The quantitative estimate of drug-likeness (QED) is 0.877. The summed E-state index contributed by atoms with van der Waals surface area (Å²) in [6.45, 7) is 3.83. The molecule has 0 bridgehead atoms. The molecule has 0 aliphatic heterocycles. The van der Waals surface area contributed by atoms with Gasteiger partial charge in [-0.3, -0.25) is 4.79 Å². The number of nitriles is 1. The summed E-state index contributed by atoms with van der Waals surface area (Å²) in [5, 5.41) is 13.5. The molecule has 1 N–H and O–H groups in total. The van der Waals surface area contributed by atoms with E-state index in [0.717, 1.165) is 10.9 Å². The van der Waals surface area contributed by atoms with Crippen LogP contribution in [0.2, 0.25) is 0 Å². The molecule has 0 radical (unpaired) electrons. The van der Waals surface area contributed by atoms with E-state index < -0.39 is 0 Å². The second-order valence-electron chi connectivity index (χ2n) is 4.66. The lowest BCUT2D eigenvalue weighted by molar-refractivity contribution is -0.119. The normalized spacial score (nSPS) is 10.5. The van der Waals surface area contributed by atoms with Gasteiger partial charge in [0, 0.05) is 11.4 Å². The third-order valence-corrected chi connectivity index (χ3v) is 3.59. The highest BCUT2D eigenvalue weighted by atomic mass is 32.2. The molecule has 20 heavy (non-hydrogen) atoms. The van der Waals surface area contributed by atoms with Gasteiger partial charge in [-0.1, -0.05) is 30.0 Å². The largest absolute Gasteiger partial charge is 0.353 e. The Morgan fingerprint density at radius 2 is 2.20 bits per heavy atom. The SMILES string of the molecule is CC(C)NC(=O)CSc1nc2ccccc2cc1C#N. The van der Waals surface area contributed by atoms with E-state index in [0.29, 0.717) is 10.6 Å². The summed E-state index contributed by atoms with van der Waals surface area (Å²) in [5.74, 6) is 0.210. The number of para-hydroxylation sites is 1. The van der Waals surface area contributed by atoms with E-state index in [-0.39, 0.29) is 17.7 Å². The highest BCUT2D eigenvalue weighted by Gasteiger charge is 2.10. The Bertz CT molecular complexity index is 676. The van der Waals surface area contributed by atoms with Gasteiger partial charge < -0.3 is 5.32 Å². The molecule has 2 rings (SSSR count). The zero-order valence-corrected chi connectivity index (χ0v) is 12.2. The van der Waals surface area contributed by atoms with Gasteiger partial charge in [-0.15, -0.1) is 0 Å². The van der Waals surface area contributed by atoms with Crippen LogP contribution in [-0.2, 0) is 4.79 Å². The number of hydrogen-bond donors (Lipinski definition) is 1. The van der Waals surface area contributed by atoms with Crippen molar-refractivity contribution in [3.8, 4) is 6.07 Å². The van der Waals surface area contributed by atoms with Crippen molar-refractivity contribution >= 4 is 28.6 Å². The number of pyridine rings is 1. The van der Waals surface area contributed by atoms with E-state index in [1.807, 2.05) is 44.2 Å². The van der Waals surface area contributed by atoms with Crippen LogP contribution in [0.1, 0.15) is 19.4 Å². The number of nitrogens with zero attached hydrogens (tertiary/aromatic N) is 2. The van der Waals surface area contributed by atoms with Crippen molar-refractivity contribution in [2.75, 3.05) is 5.75 Å². The molecule has 5 heteroatoms. The molecule has 1 aromatic heterocycles. The maximum absolute atomic E-state index is 11.6. The number of aromatic nitrogens is 1. The van der Waals surface area contributed by atoms with E-state index in [9.17, 15) is 10.1 Å². The number of thioether (sulfide) groups is 1. The average molecular weight is 285 g/mol. The van der Waals surface area contributed by atoms with Crippen LogP contribution in [0.3, 0.4) is 0 Å². The molecular weight excluding hydrogens is 270 g/mol. The number of amides is 1. The second-order valence-corrected chi connectivity index (χ2v) is 5.62. The van der Waals surface area contributed by atoms with E-state index in [2.05, 4.69) is 16.4 Å². The minimum absolute atomic E-state index is 0.0520. The fraction of sp³-hybridized carbons (Fsp3) is 0.267. The maximum atomic E-state index is 11.6. The van der Waals surface area contributed by atoms with Crippen LogP contribution >= 0.6 is 11.8 Å². The summed E-state index contributed by atoms with van der Waals surface area (Å²) < 4.78 is 0. The molecule has 1 aromatic carbocycles. The first-order valence-corrected chi connectivity index (χ1v) is 7.30. The minimum atomic E-state index is -0.0520. The zero-order valence-electron chi connectivity index (χ0n) is 11.4. The van der Waals surface area contributed by atoms with Crippen molar-refractivity contribution < 1.29 is 4.79 Å². The second kappa shape index (κ2) is 6.40. The van der Waals surface area contributed by atoms with Gasteiger partial charge in [0.2, 0.25) is 5.91 Å². The average Bonchev–Trinajstić information content (AvgIpc) is 2.43. The fourth-order valence-corrected chi connectivity index (χ4v) is 2.56. The molecule has 0 spiro atoms. The third kappa shape index (κ3) is 3.49. The lowest BCUT2D eigenvalue weighted by Gasteiger charge is -2.08. The highest BCUT2D eigenvalue weighted by molar-refractivity contribution is 8.00. The molecule has 0 fully saturated rings. The number of rotatable bonds is 4. The molecule has 2 aromatic rings.